The van der Waals surface area contributed by atoms with E-state index in [4.69, 9.17) is 0 Å². The number of hydrogen-bond donors (Lipinski definition) is 1. The largest absolute Gasteiger partial charge is 0.351 e. The van der Waals surface area contributed by atoms with Crippen LogP contribution in [0.25, 0.3) is 0 Å². The maximum atomic E-state index is 11.8. The van der Waals surface area contributed by atoms with Crippen LogP contribution in [0, 0.1) is 6.92 Å². The highest BCUT2D eigenvalue weighted by Gasteiger charge is 2.10. The van der Waals surface area contributed by atoms with Gasteiger partial charge in [-0.15, -0.1) is 0 Å². The Hall–Kier alpha value is -0.840. The Kier molecular flexibility index (Phi) is 6.26. The summed E-state index contributed by atoms with van der Waals surface area (Å²) in [7, 11) is 1.79. The summed E-state index contributed by atoms with van der Waals surface area (Å²) in [4.78, 5) is 11.8. The molecule has 0 saturated heterocycles. The van der Waals surface area contributed by atoms with Crippen LogP contribution >= 0.6 is 15.9 Å². The van der Waals surface area contributed by atoms with E-state index in [1.54, 1.807) is 17.8 Å². The highest BCUT2D eigenvalue weighted by atomic mass is 79.9. The number of nitrogens with zero attached hydrogens (tertiary/aromatic N) is 2. The number of carbonyl (C=O) groups excluding carboxylic acids is 1. The second-order valence-electron chi connectivity index (χ2n) is 4.15. The molecule has 5 heteroatoms. The Morgan fingerprint density at radius 2 is 2.12 bits per heavy atom. The first-order valence-electron chi connectivity index (χ1n) is 6.00. The molecular formula is C12H20BrN3O. The molecule has 96 valence electrons. The van der Waals surface area contributed by atoms with Crippen LogP contribution in [0.3, 0.4) is 0 Å². The molecule has 0 atom stereocenters. The minimum Gasteiger partial charge on any atom is -0.351 e. The Morgan fingerprint density at radius 1 is 1.41 bits per heavy atom. The minimum atomic E-state index is -0.0337. The Balaban J connectivity index is 2.23. The van der Waals surface area contributed by atoms with Crippen molar-refractivity contribution in [3.8, 4) is 0 Å². The van der Waals surface area contributed by atoms with Crippen molar-refractivity contribution >= 4 is 21.8 Å². The molecule has 1 aromatic rings. The van der Waals surface area contributed by atoms with Crippen LogP contribution in [-0.4, -0.2) is 27.6 Å². The molecule has 1 rings (SSSR count). The third-order valence-corrected chi connectivity index (χ3v) is 3.14. The number of amides is 1. The van der Waals surface area contributed by atoms with Crippen molar-refractivity contribution < 1.29 is 4.79 Å². The zero-order valence-electron chi connectivity index (χ0n) is 10.5. The number of hydrogen-bond acceptors (Lipinski definition) is 2. The number of unbranched alkanes of at least 4 members (excludes halogenated alkanes) is 3. The smallest absolute Gasteiger partial charge is 0.269 e. The number of aromatic nitrogens is 2. The van der Waals surface area contributed by atoms with Gasteiger partial charge in [0.05, 0.1) is 5.69 Å². The standard InChI is InChI=1S/C12H20BrN3O/c1-10-9-11(16(2)15-10)12(17)14-8-6-4-3-5-7-13/h9H,3-8H2,1-2H3,(H,14,17). The van der Waals surface area contributed by atoms with Gasteiger partial charge >= 0.3 is 0 Å². The van der Waals surface area contributed by atoms with E-state index in [1.165, 1.54) is 12.8 Å². The molecule has 0 aliphatic rings. The molecule has 1 heterocycles. The molecule has 4 nitrogen and oxygen atoms in total. The fourth-order valence-electron chi connectivity index (χ4n) is 1.69. The third-order valence-electron chi connectivity index (χ3n) is 2.58. The van der Waals surface area contributed by atoms with Crippen LogP contribution in [0.15, 0.2) is 6.07 Å². The van der Waals surface area contributed by atoms with Gasteiger partial charge in [-0.25, -0.2) is 0 Å². The molecule has 0 unspecified atom stereocenters. The maximum absolute atomic E-state index is 11.8. The Morgan fingerprint density at radius 3 is 2.71 bits per heavy atom. The Bertz CT molecular complexity index is 363. The minimum absolute atomic E-state index is 0.0337. The van der Waals surface area contributed by atoms with Crippen molar-refractivity contribution in [1.82, 2.24) is 15.1 Å². The van der Waals surface area contributed by atoms with Gasteiger partial charge in [0.15, 0.2) is 0 Å². The lowest BCUT2D eigenvalue weighted by Gasteiger charge is -2.04. The quantitative estimate of drug-likeness (QED) is 0.621. The molecule has 1 amide bonds. The van der Waals surface area contributed by atoms with Gasteiger partial charge < -0.3 is 5.32 Å². The van der Waals surface area contributed by atoms with Gasteiger partial charge in [0.1, 0.15) is 5.69 Å². The second kappa shape index (κ2) is 7.48. The van der Waals surface area contributed by atoms with Crippen LogP contribution in [0.1, 0.15) is 41.9 Å². The number of alkyl halides is 1. The van der Waals surface area contributed by atoms with E-state index in [0.29, 0.717) is 5.69 Å². The van der Waals surface area contributed by atoms with Crippen molar-refractivity contribution in [1.29, 1.82) is 0 Å². The first-order chi connectivity index (χ1) is 8.15. The number of carbonyl (C=O) groups is 1. The number of aryl methyl sites for hydroxylation is 2. The number of rotatable bonds is 7. The summed E-state index contributed by atoms with van der Waals surface area (Å²) >= 11 is 3.40. The highest BCUT2D eigenvalue weighted by Crippen LogP contribution is 2.03. The van der Waals surface area contributed by atoms with Crippen molar-refractivity contribution in [3.05, 3.63) is 17.5 Å². The van der Waals surface area contributed by atoms with Gasteiger partial charge in [-0.3, -0.25) is 9.48 Å². The molecule has 0 aliphatic heterocycles. The normalized spacial score (nSPS) is 10.5. The predicted molar refractivity (Wildman–Crippen MR) is 72.5 cm³/mol. The average molecular weight is 302 g/mol. The van der Waals surface area contributed by atoms with E-state index in [-0.39, 0.29) is 5.91 Å². The lowest BCUT2D eigenvalue weighted by molar-refractivity contribution is 0.0943. The van der Waals surface area contributed by atoms with Gasteiger partial charge in [-0.2, -0.15) is 5.10 Å². The highest BCUT2D eigenvalue weighted by molar-refractivity contribution is 9.09. The maximum Gasteiger partial charge on any atom is 0.269 e. The van der Waals surface area contributed by atoms with Gasteiger partial charge in [-0.05, 0) is 25.8 Å². The lowest BCUT2D eigenvalue weighted by Crippen LogP contribution is -2.26. The molecule has 0 bridgehead atoms. The molecule has 1 N–H and O–H groups in total. The average Bonchev–Trinajstić information content (AvgIpc) is 2.62. The lowest BCUT2D eigenvalue weighted by atomic mass is 10.2. The SMILES string of the molecule is Cc1cc(C(=O)NCCCCCCBr)n(C)n1. The van der Waals surface area contributed by atoms with Gasteiger partial charge in [0, 0.05) is 18.9 Å². The van der Waals surface area contributed by atoms with Crippen LogP contribution in [0.5, 0.6) is 0 Å². The molecule has 17 heavy (non-hydrogen) atoms. The van der Waals surface area contributed by atoms with Crippen LogP contribution < -0.4 is 5.32 Å². The van der Waals surface area contributed by atoms with Gasteiger partial charge in [-0.1, -0.05) is 28.8 Å². The molecule has 1 aromatic heterocycles. The summed E-state index contributed by atoms with van der Waals surface area (Å²) < 4.78 is 1.62. The van der Waals surface area contributed by atoms with Crippen molar-refractivity contribution in [2.24, 2.45) is 7.05 Å². The van der Waals surface area contributed by atoms with Gasteiger partial charge in [0.2, 0.25) is 0 Å². The first-order valence-corrected chi connectivity index (χ1v) is 7.12. The monoisotopic (exact) mass is 301 g/mol. The van der Waals surface area contributed by atoms with Crippen molar-refractivity contribution in [3.63, 3.8) is 0 Å². The fourth-order valence-corrected chi connectivity index (χ4v) is 2.09. The van der Waals surface area contributed by atoms with E-state index < -0.39 is 0 Å². The summed E-state index contributed by atoms with van der Waals surface area (Å²) in [5, 5.41) is 8.13. The van der Waals surface area contributed by atoms with Crippen LogP contribution in [0.2, 0.25) is 0 Å². The molecule has 0 aliphatic carbocycles. The molecule has 0 spiro atoms. The fraction of sp³-hybridized carbons (Fsp3) is 0.667. The van der Waals surface area contributed by atoms with Gasteiger partial charge in [0.25, 0.3) is 5.91 Å². The zero-order valence-corrected chi connectivity index (χ0v) is 12.1. The summed E-state index contributed by atoms with van der Waals surface area (Å²) in [6.45, 7) is 2.63. The second-order valence-corrected chi connectivity index (χ2v) is 4.95. The third kappa shape index (κ3) is 4.89. The first kappa shape index (κ1) is 14.2. The van der Waals surface area contributed by atoms with E-state index in [0.717, 1.165) is 30.4 Å². The molecule has 0 aromatic carbocycles. The summed E-state index contributed by atoms with van der Waals surface area (Å²) in [6, 6.07) is 1.81. The van der Waals surface area contributed by atoms with Crippen LogP contribution in [0.4, 0.5) is 0 Å². The van der Waals surface area contributed by atoms with E-state index in [1.807, 2.05) is 6.92 Å². The molecule has 0 radical (unpaired) electrons. The Labute approximate surface area is 111 Å². The van der Waals surface area contributed by atoms with Crippen LogP contribution in [-0.2, 0) is 7.05 Å². The number of halogens is 1. The van der Waals surface area contributed by atoms with Crippen molar-refractivity contribution in [2.45, 2.75) is 32.6 Å². The topological polar surface area (TPSA) is 46.9 Å². The molecule has 0 fully saturated rings. The van der Waals surface area contributed by atoms with E-state index in [2.05, 4.69) is 26.3 Å². The van der Waals surface area contributed by atoms with E-state index >= 15 is 0 Å². The zero-order chi connectivity index (χ0) is 12.7. The summed E-state index contributed by atoms with van der Waals surface area (Å²) in [5.41, 5.74) is 1.50. The summed E-state index contributed by atoms with van der Waals surface area (Å²) in [5.74, 6) is -0.0337. The number of nitrogens with one attached hydrogen (secondary N) is 1. The molecule has 0 saturated carbocycles. The summed E-state index contributed by atoms with van der Waals surface area (Å²) in [6.07, 6.45) is 4.62. The van der Waals surface area contributed by atoms with Crippen molar-refractivity contribution in [2.75, 3.05) is 11.9 Å². The molecular weight excluding hydrogens is 282 g/mol. The predicted octanol–water partition coefficient (Wildman–Crippen LogP) is 2.41. The van der Waals surface area contributed by atoms with E-state index in [9.17, 15) is 4.79 Å².